The lowest BCUT2D eigenvalue weighted by Gasteiger charge is -2.36. The largest absolute Gasteiger partial charge is 0.454 e. The van der Waals surface area contributed by atoms with Gasteiger partial charge in [0.2, 0.25) is 0 Å². The molecule has 0 atom stereocenters. The lowest BCUT2D eigenvalue weighted by molar-refractivity contribution is 0.0972. The van der Waals surface area contributed by atoms with Crippen LogP contribution in [-0.2, 0) is 13.1 Å². The van der Waals surface area contributed by atoms with Crippen molar-refractivity contribution in [2.24, 2.45) is 10.7 Å². The van der Waals surface area contributed by atoms with Crippen LogP contribution in [0.15, 0.2) is 45.8 Å². The number of hydrogen-bond donors (Lipinski definition) is 2. The van der Waals surface area contributed by atoms with Crippen LogP contribution in [0.3, 0.4) is 0 Å². The minimum Gasteiger partial charge on any atom is -0.454 e. The molecular weight excluding hydrogens is 505 g/mol. The molecule has 9 heteroatoms. The van der Waals surface area contributed by atoms with Crippen LogP contribution < -0.4 is 11.1 Å². The van der Waals surface area contributed by atoms with Crippen molar-refractivity contribution < 1.29 is 9.21 Å². The number of rotatable bonds is 6. The number of primary amides is 1. The van der Waals surface area contributed by atoms with Crippen molar-refractivity contribution in [2.75, 3.05) is 32.7 Å². The standard InChI is InChI=1S/C20H26ClN5O2.HI/c1-2-23-20(24-13-17-6-7-18(28-17)19(22)27)26-10-8-25(9-11-26)14-15-4-3-5-16(21)12-15;/h3-7,12H,2,8-11,13-14H2,1H3,(H2,22,27)(H,23,24);1H. The summed E-state index contributed by atoms with van der Waals surface area (Å²) in [5.74, 6) is 1.05. The summed E-state index contributed by atoms with van der Waals surface area (Å²) in [6.07, 6.45) is 0. The Kier molecular flexibility index (Phi) is 9.25. The Balaban J connectivity index is 0.00000300. The number of carbonyl (C=O) groups excluding carboxylic acids is 1. The molecule has 0 aliphatic carbocycles. The molecule has 3 rings (SSSR count). The lowest BCUT2D eigenvalue weighted by atomic mass is 10.2. The van der Waals surface area contributed by atoms with Gasteiger partial charge in [-0.1, -0.05) is 23.7 Å². The van der Waals surface area contributed by atoms with Crippen molar-refractivity contribution in [2.45, 2.75) is 20.0 Å². The van der Waals surface area contributed by atoms with Crippen molar-refractivity contribution in [3.8, 4) is 0 Å². The molecule has 0 bridgehead atoms. The summed E-state index contributed by atoms with van der Waals surface area (Å²) < 4.78 is 5.41. The second-order valence-electron chi connectivity index (χ2n) is 6.69. The number of carbonyl (C=O) groups is 1. The van der Waals surface area contributed by atoms with Gasteiger partial charge in [0.05, 0.1) is 0 Å². The molecule has 0 radical (unpaired) electrons. The van der Waals surface area contributed by atoms with Crippen LogP contribution in [0.4, 0.5) is 0 Å². The Hall–Kier alpha value is -1.78. The molecule has 1 fully saturated rings. The quantitative estimate of drug-likeness (QED) is 0.340. The third-order valence-electron chi connectivity index (χ3n) is 4.59. The summed E-state index contributed by atoms with van der Waals surface area (Å²) in [7, 11) is 0. The molecule has 1 aliphatic rings. The van der Waals surface area contributed by atoms with Crippen molar-refractivity contribution in [3.63, 3.8) is 0 Å². The van der Waals surface area contributed by atoms with E-state index in [0.29, 0.717) is 12.3 Å². The molecular formula is C20H27ClIN5O2. The molecule has 29 heavy (non-hydrogen) atoms. The van der Waals surface area contributed by atoms with Gasteiger partial charge in [-0.05, 0) is 36.8 Å². The van der Waals surface area contributed by atoms with Crippen LogP contribution in [0.1, 0.15) is 28.8 Å². The number of aliphatic imine (C=N–C) groups is 1. The summed E-state index contributed by atoms with van der Waals surface area (Å²) >= 11 is 6.08. The Labute approximate surface area is 193 Å². The molecule has 158 valence electrons. The first kappa shape index (κ1) is 23.5. The summed E-state index contributed by atoms with van der Waals surface area (Å²) in [5.41, 5.74) is 6.45. The van der Waals surface area contributed by atoms with Crippen LogP contribution in [-0.4, -0.2) is 54.4 Å². The summed E-state index contributed by atoms with van der Waals surface area (Å²) in [5, 5.41) is 4.10. The third kappa shape index (κ3) is 6.90. The molecule has 1 aromatic heterocycles. The highest BCUT2D eigenvalue weighted by Crippen LogP contribution is 2.14. The van der Waals surface area contributed by atoms with E-state index >= 15 is 0 Å². The molecule has 1 aromatic carbocycles. The van der Waals surface area contributed by atoms with Gasteiger partial charge in [-0.25, -0.2) is 4.99 Å². The molecule has 0 saturated carbocycles. The molecule has 1 aliphatic heterocycles. The summed E-state index contributed by atoms with van der Waals surface area (Å²) in [4.78, 5) is 20.5. The van der Waals surface area contributed by atoms with E-state index in [2.05, 4.69) is 26.2 Å². The number of hydrogen-bond acceptors (Lipinski definition) is 4. The fraction of sp³-hybridized carbons (Fsp3) is 0.400. The molecule has 2 aromatic rings. The Bertz CT molecular complexity index is 834. The van der Waals surface area contributed by atoms with E-state index in [-0.39, 0.29) is 29.7 Å². The van der Waals surface area contributed by atoms with Gasteiger partial charge in [0, 0.05) is 44.3 Å². The second-order valence-corrected chi connectivity index (χ2v) is 7.13. The number of nitrogens with two attached hydrogens (primary N) is 1. The van der Waals surface area contributed by atoms with Crippen LogP contribution in [0, 0.1) is 0 Å². The van der Waals surface area contributed by atoms with E-state index in [4.69, 9.17) is 21.8 Å². The normalized spacial score (nSPS) is 15.1. The van der Waals surface area contributed by atoms with E-state index in [1.54, 1.807) is 12.1 Å². The number of amides is 1. The highest BCUT2D eigenvalue weighted by atomic mass is 127. The molecule has 0 unspecified atom stereocenters. The van der Waals surface area contributed by atoms with E-state index in [1.165, 1.54) is 5.56 Å². The maximum Gasteiger partial charge on any atom is 0.284 e. The first-order chi connectivity index (χ1) is 13.5. The predicted octanol–water partition coefficient (Wildman–Crippen LogP) is 2.93. The fourth-order valence-corrected chi connectivity index (χ4v) is 3.40. The van der Waals surface area contributed by atoms with Crippen LogP contribution in [0.25, 0.3) is 0 Å². The Morgan fingerprint density at radius 1 is 1.24 bits per heavy atom. The zero-order chi connectivity index (χ0) is 19.9. The molecule has 1 amide bonds. The monoisotopic (exact) mass is 531 g/mol. The van der Waals surface area contributed by atoms with E-state index in [9.17, 15) is 4.79 Å². The SMILES string of the molecule is CCNC(=NCc1ccc(C(N)=O)o1)N1CCN(Cc2cccc(Cl)c2)CC1.I. The number of piperazine rings is 1. The van der Waals surface area contributed by atoms with Crippen molar-refractivity contribution in [1.82, 2.24) is 15.1 Å². The number of halogens is 2. The third-order valence-corrected chi connectivity index (χ3v) is 4.83. The Morgan fingerprint density at radius 2 is 2.00 bits per heavy atom. The summed E-state index contributed by atoms with van der Waals surface area (Å²) in [6.45, 7) is 7.75. The average Bonchev–Trinajstić information content (AvgIpc) is 3.15. The van der Waals surface area contributed by atoms with Gasteiger partial charge in [-0.15, -0.1) is 24.0 Å². The predicted molar refractivity (Wildman–Crippen MR) is 126 cm³/mol. The smallest absolute Gasteiger partial charge is 0.284 e. The molecule has 1 saturated heterocycles. The molecule has 7 nitrogen and oxygen atoms in total. The van der Waals surface area contributed by atoms with Gasteiger partial charge in [0.25, 0.3) is 5.91 Å². The maximum atomic E-state index is 11.1. The highest BCUT2D eigenvalue weighted by molar-refractivity contribution is 14.0. The highest BCUT2D eigenvalue weighted by Gasteiger charge is 2.20. The van der Waals surface area contributed by atoms with Gasteiger partial charge < -0.3 is 20.4 Å². The zero-order valence-electron chi connectivity index (χ0n) is 16.4. The van der Waals surface area contributed by atoms with E-state index in [1.807, 2.05) is 25.1 Å². The van der Waals surface area contributed by atoms with Crippen molar-refractivity contribution >= 4 is 47.4 Å². The Morgan fingerprint density at radius 3 is 2.62 bits per heavy atom. The lowest BCUT2D eigenvalue weighted by Crippen LogP contribution is -2.52. The van der Waals surface area contributed by atoms with E-state index < -0.39 is 5.91 Å². The van der Waals surface area contributed by atoms with Gasteiger partial charge in [0.1, 0.15) is 12.3 Å². The average molecular weight is 532 g/mol. The van der Waals surface area contributed by atoms with Crippen molar-refractivity contribution in [1.29, 1.82) is 0 Å². The number of furan rings is 1. The second kappa shape index (κ2) is 11.4. The van der Waals surface area contributed by atoms with Gasteiger partial charge in [-0.3, -0.25) is 9.69 Å². The van der Waals surface area contributed by atoms with Gasteiger partial charge in [-0.2, -0.15) is 0 Å². The molecule has 3 N–H and O–H groups in total. The molecule has 0 spiro atoms. The zero-order valence-corrected chi connectivity index (χ0v) is 19.5. The van der Waals surface area contributed by atoms with E-state index in [0.717, 1.165) is 50.3 Å². The molecule has 2 heterocycles. The first-order valence-electron chi connectivity index (χ1n) is 9.43. The minimum atomic E-state index is -0.571. The van der Waals surface area contributed by atoms with Gasteiger partial charge in [0.15, 0.2) is 11.7 Å². The number of benzene rings is 1. The first-order valence-corrected chi connectivity index (χ1v) is 9.81. The maximum absolute atomic E-state index is 11.1. The van der Waals surface area contributed by atoms with Crippen molar-refractivity contribution in [3.05, 3.63) is 58.5 Å². The number of nitrogens with one attached hydrogen (secondary N) is 1. The number of nitrogens with zero attached hydrogens (tertiary/aromatic N) is 3. The van der Waals surface area contributed by atoms with Crippen LogP contribution in [0.5, 0.6) is 0 Å². The minimum absolute atomic E-state index is 0. The van der Waals surface area contributed by atoms with Gasteiger partial charge >= 0.3 is 0 Å². The topological polar surface area (TPSA) is 87.1 Å². The van der Waals surface area contributed by atoms with Crippen LogP contribution in [0.2, 0.25) is 5.02 Å². The van der Waals surface area contributed by atoms with Crippen LogP contribution >= 0.6 is 35.6 Å². The number of guanidine groups is 1. The fourth-order valence-electron chi connectivity index (χ4n) is 3.19. The summed E-state index contributed by atoms with van der Waals surface area (Å²) in [6, 6.07) is 11.3.